The fourth-order valence-electron chi connectivity index (χ4n) is 3.95. The quantitative estimate of drug-likeness (QED) is 0.776. The summed E-state index contributed by atoms with van der Waals surface area (Å²) >= 11 is 0. The highest BCUT2D eigenvalue weighted by molar-refractivity contribution is 5.01. The summed E-state index contributed by atoms with van der Waals surface area (Å²) in [5.41, 5.74) is 0. The van der Waals surface area contributed by atoms with Crippen molar-refractivity contribution in [2.45, 2.75) is 57.3 Å². The van der Waals surface area contributed by atoms with E-state index in [1.165, 1.54) is 25.7 Å². The van der Waals surface area contributed by atoms with Gasteiger partial charge in [-0.1, -0.05) is 19.8 Å². The lowest BCUT2D eigenvalue weighted by Gasteiger charge is -2.38. The predicted octanol–water partition coefficient (Wildman–Crippen LogP) is 2.44. The topological polar surface area (TPSA) is 45.5 Å². The van der Waals surface area contributed by atoms with Gasteiger partial charge in [-0.25, -0.2) is 0 Å². The maximum absolute atomic E-state index is 9.44. The zero-order valence-electron chi connectivity index (χ0n) is 13.0. The number of rotatable bonds is 5. The molecule has 20 heavy (non-hydrogen) atoms. The average Bonchev–Trinajstić information content (AvgIpc) is 2.90. The van der Waals surface area contributed by atoms with Crippen LogP contribution in [0.4, 0.5) is 0 Å². The minimum absolute atomic E-state index is 0.144. The summed E-state index contributed by atoms with van der Waals surface area (Å²) in [6.07, 6.45) is 6.27. The van der Waals surface area contributed by atoms with Crippen molar-refractivity contribution in [2.24, 2.45) is 11.8 Å². The molecule has 2 rings (SSSR count). The van der Waals surface area contributed by atoms with Gasteiger partial charge in [0.2, 0.25) is 0 Å². The summed E-state index contributed by atoms with van der Waals surface area (Å²) in [4.78, 5) is 2.44. The lowest BCUT2D eigenvalue weighted by atomic mass is 9.76. The maximum Gasteiger partial charge on any atom is 0.0971 e. The van der Waals surface area contributed by atoms with Gasteiger partial charge in [0.25, 0.3) is 0 Å². The van der Waals surface area contributed by atoms with Gasteiger partial charge < -0.3 is 9.47 Å². The van der Waals surface area contributed by atoms with Crippen LogP contribution in [0.2, 0.25) is 0 Å². The Kier molecular flexibility index (Phi) is 5.83. The molecule has 2 fully saturated rings. The minimum Gasteiger partial charge on any atom is -0.377 e. The van der Waals surface area contributed by atoms with Gasteiger partial charge in [0.05, 0.1) is 24.2 Å². The van der Waals surface area contributed by atoms with E-state index in [1.54, 1.807) is 14.2 Å². The molecule has 0 N–H and O–H groups in total. The standard InChI is InChI=1S/C16H28N2O2/c1-4-5-12-6-7-13(9-17)14(8-12)18-10-15(19-2)16(11-18)20-3/h12-16H,4-8,10-11H2,1-3H3. The maximum atomic E-state index is 9.44. The van der Waals surface area contributed by atoms with Crippen molar-refractivity contribution in [1.82, 2.24) is 4.90 Å². The molecule has 5 unspecified atom stereocenters. The van der Waals surface area contributed by atoms with Crippen LogP contribution in [0, 0.1) is 23.2 Å². The largest absolute Gasteiger partial charge is 0.377 e. The first-order valence-electron chi connectivity index (χ1n) is 7.92. The van der Waals surface area contributed by atoms with E-state index >= 15 is 0 Å². The molecule has 2 aliphatic rings. The molecule has 4 nitrogen and oxygen atoms in total. The number of methoxy groups -OCH3 is 2. The molecule has 0 aromatic heterocycles. The molecule has 0 amide bonds. The summed E-state index contributed by atoms with van der Waals surface area (Å²) in [5, 5.41) is 9.44. The molecule has 1 aliphatic heterocycles. The minimum atomic E-state index is 0.144. The lowest BCUT2D eigenvalue weighted by Crippen LogP contribution is -2.43. The first-order chi connectivity index (χ1) is 9.73. The second-order valence-electron chi connectivity index (χ2n) is 6.27. The Hall–Kier alpha value is -0.630. The number of likely N-dealkylation sites (tertiary alicyclic amines) is 1. The van der Waals surface area contributed by atoms with Crippen LogP contribution in [-0.4, -0.2) is 50.5 Å². The van der Waals surface area contributed by atoms with Crippen molar-refractivity contribution < 1.29 is 9.47 Å². The first kappa shape index (κ1) is 15.8. The van der Waals surface area contributed by atoms with Gasteiger partial charge in [-0.2, -0.15) is 5.26 Å². The Bertz CT molecular complexity index is 330. The van der Waals surface area contributed by atoms with E-state index in [0.717, 1.165) is 25.4 Å². The fourth-order valence-corrected chi connectivity index (χ4v) is 3.95. The molecular weight excluding hydrogens is 252 g/mol. The zero-order valence-corrected chi connectivity index (χ0v) is 13.0. The number of ether oxygens (including phenoxy) is 2. The lowest BCUT2D eigenvalue weighted by molar-refractivity contribution is -0.00461. The molecule has 1 aliphatic carbocycles. The summed E-state index contributed by atoms with van der Waals surface area (Å²) < 4.78 is 11.1. The van der Waals surface area contributed by atoms with Crippen LogP contribution < -0.4 is 0 Å². The molecule has 0 spiro atoms. The zero-order chi connectivity index (χ0) is 14.5. The van der Waals surface area contributed by atoms with Crippen LogP contribution in [0.1, 0.15) is 39.0 Å². The molecule has 114 valence electrons. The molecular formula is C16H28N2O2. The van der Waals surface area contributed by atoms with Crippen molar-refractivity contribution in [2.75, 3.05) is 27.3 Å². The van der Waals surface area contributed by atoms with Crippen LogP contribution in [0.15, 0.2) is 0 Å². The highest BCUT2D eigenvalue weighted by atomic mass is 16.5. The summed E-state index contributed by atoms with van der Waals surface area (Å²) in [7, 11) is 3.51. The third-order valence-corrected chi connectivity index (χ3v) is 5.11. The third kappa shape index (κ3) is 3.33. The first-order valence-corrected chi connectivity index (χ1v) is 7.92. The van der Waals surface area contributed by atoms with E-state index < -0.39 is 0 Å². The Morgan fingerprint density at radius 3 is 2.30 bits per heavy atom. The summed E-state index contributed by atoms with van der Waals surface area (Å²) in [6, 6.07) is 2.93. The Morgan fingerprint density at radius 1 is 1.15 bits per heavy atom. The summed E-state index contributed by atoms with van der Waals surface area (Å²) in [6.45, 7) is 4.05. The van der Waals surface area contributed by atoms with E-state index in [1.807, 2.05) is 0 Å². The van der Waals surface area contributed by atoms with Gasteiger partial charge in [0.15, 0.2) is 0 Å². The van der Waals surface area contributed by atoms with Gasteiger partial charge in [0.1, 0.15) is 0 Å². The van der Waals surface area contributed by atoms with Crippen molar-refractivity contribution in [3.63, 3.8) is 0 Å². The van der Waals surface area contributed by atoms with Gasteiger partial charge in [-0.15, -0.1) is 0 Å². The normalized spacial score (nSPS) is 38.8. The monoisotopic (exact) mass is 280 g/mol. The molecule has 0 bridgehead atoms. The van der Waals surface area contributed by atoms with Crippen molar-refractivity contribution in [3.05, 3.63) is 0 Å². The predicted molar refractivity (Wildman–Crippen MR) is 78.3 cm³/mol. The van der Waals surface area contributed by atoms with Crippen molar-refractivity contribution in [1.29, 1.82) is 5.26 Å². The second-order valence-corrected chi connectivity index (χ2v) is 6.27. The molecule has 1 saturated carbocycles. The van der Waals surface area contributed by atoms with Crippen LogP contribution >= 0.6 is 0 Å². The van der Waals surface area contributed by atoms with Gasteiger partial charge in [-0.3, -0.25) is 4.90 Å². The summed E-state index contributed by atoms with van der Waals surface area (Å²) in [5.74, 6) is 0.966. The second kappa shape index (κ2) is 7.40. The van der Waals surface area contributed by atoms with E-state index in [4.69, 9.17) is 9.47 Å². The van der Waals surface area contributed by atoms with Crippen LogP contribution in [-0.2, 0) is 9.47 Å². The van der Waals surface area contributed by atoms with Gasteiger partial charge in [0, 0.05) is 33.4 Å². The van der Waals surface area contributed by atoms with E-state index in [-0.39, 0.29) is 18.1 Å². The van der Waals surface area contributed by atoms with Crippen LogP contribution in [0.5, 0.6) is 0 Å². The van der Waals surface area contributed by atoms with E-state index in [9.17, 15) is 5.26 Å². The number of hydrogen-bond acceptors (Lipinski definition) is 4. The number of nitrogens with zero attached hydrogens (tertiary/aromatic N) is 2. The fraction of sp³-hybridized carbons (Fsp3) is 0.938. The Balaban J connectivity index is 2.02. The van der Waals surface area contributed by atoms with Crippen LogP contribution in [0.3, 0.4) is 0 Å². The Labute approximate surface area is 123 Å². The average molecular weight is 280 g/mol. The highest BCUT2D eigenvalue weighted by Crippen LogP contribution is 2.36. The van der Waals surface area contributed by atoms with E-state index in [2.05, 4.69) is 17.9 Å². The Morgan fingerprint density at radius 2 is 1.80 bits per heavy atom. The van der Waals surface area contributed by atoms with Crippen LogP contribution in [0.25, 0.3) is 0 Å². The van der Waals surface area contributed by atoms with Gasteiger partial charge >= 0.3 is 0 Å². The molecule has 5 atom stereocenters. The van der Waals surface area contributed by atoms with Gasteiger partial charge in [-0.05, 0) is 25.2 Å². The van der Waals surface area contributed by atoms with Crippen molar-refractivity contribution >= 4 is 0 Å². The number of hydrogen-bond donors (Lipinski definition) is 0. The smallest absolute Gasteiger partial charge is 0.0971 e. The molecule has 0 aromatic carbocycles. The van der Waals surface area contributed by atoms with Crippen molar-refractivity contribution in [3.8, 4) is 6.07 Å². The molecule has 1 heterocycles. The highest BCUT2D eigenvalue weighted by Gasteiger charge is 2.41. The molecule has 0 radical (unpaired) electrons. The third-order valence-electron chi connectivity index (χ3n) is 5.11. The molecule has 1 saturated heterocycles. The SMILES string of the molecule is CCCC1CCC(C#N)C(N2CC(OC)C(OC)C2)C1. The number of nitriles is 1. The molecule has 4 heteroatoms. The molecule has 0 aromatic rings. The van der Waals surface area contributed by atoms with E-state index in [0.29, 0.717) is 6.04 Å².